The van der Waals surface area contributed by atoms with Crippen molar-refractivity contribution in [2.45, 2.75) is 19.0 Å². The Hall–Kier alpha value is -3.72. The Labute approximate surface area is 199 Å². The van der Waals surface area contributed by atoms with Gasteiger partial charge in [0, 0.05) is 36.5 Å². The molecule has 0 aliphatic carbocycles. The monoisotopic (exact) mass is 462 g/mol. The SMILES string of the molecule is COc1cc(-c2ccc(C=O)c(CNc3ccc(N4CCC(N(C)C)C4)nc3)n2)cnc1OC. The molecule has 1 aliphatic rings. The summed E-state index contributed by atoms with van der Waals surface area (Å²) < 4.78 is 10.6. The second-order valence-corrected chi connectivity index (χ2v) is 8.40. The van der Waals surface area contributed by atoms with Crippen LogP contribution < -0.4 is 19.7 Å². The van der Waals surface area contributed by atoms with Gasteiger partial charge in [0.1, 0.15) is 5.82 Å². The molecule has 1 saturated heterocycles. The van der Waals surface area contributed by atoms with E-state index in [0.29, 0.717) is 41.2 Å². The van der Waals surface area contributed by atoms with Gasteiger partial charge in [-0.25, -0.2) is 9.97 Å². The van der Waals surface area contributed by atoms with Crippen molar-refractivity contribution in [3.05, 3.63) is 54.0 Å². The number of nitrogens with zero attached hydrogens (tertiary/aromatic N) is 5. The average Bonchev–Trinajstić information content (AvgIpc) is 3.38. The molecule has 1 atom stereocenters. The largest absolute Gasteiger partial charge is 0.491 e. The molecule has 1 fully saturated rings. The normalized spacial score (nSPS) is 15.4. The van der Waals surface area contributed by atoms with Crippen molar-refractivity contribution in [3.8, 4) is 22.9 Å². The maximum absolute atomic E-state index is 11.6. The van der Waals surface area contributed by atoms with Crippen LogP contribution in [0.2, 0.25) is 0 Å². The number of aldehydes is 1. The van der Waals surface area contributed by atoms with Crippen LogP contribution in [0.3, 0.4) is 0 Å². The molecule has 9 heteroatoms. The summed E-state index contributed by atoms with van der Waals surface area (Å²) in [5.41, 5.74) is 3.49. The Morgan fingerprint density at radius 2 is 2.00 bits per heavy atom. The first kappa shape index (κ1) is 23.4. The van der Waals surface area contributed by atoms with Crippen LogP contribution in [0.15, 0.2) is 42.7 Å². The summed E-state index contributed by atoms with van der Waals surface area (Å²) in [5, 5.41) is 3.33. The molecule has 0 saturated carbocycles. The van der Waals surface area contributed by atoms with Crippen molar-refractivity contribution in [1.82, 2.24) is 19.9 Å². The Morgan fingerprint density at radius 3 is 2.65 bits per heavy atom. The summed E-state index contributed by atoms with van der Waals surface area (Å²) >= 11 is 0. The van der Waals surface area contributed by atoms with Gasteiger partial charge in [-0.1, -0.05) is 0 Å². The summed E-state index contributed by atoms with van der Waals surface area (Å²) in [6, 6.07) is 9.96. The van der Waals surface area contributed by atoms with E-state index >= 15 is 0 Å². The van der Waals surface area contributed by atoms with Gasteiger partial charge in [-0.3, -0.25) is 9.78 Å². The topological polar surface area (TPSA) is 92.7 Å². The summed E-state index contributed by atoms with van der Waals surface area (Å²) in [7, 11) is 7.34. The number of carbonyl (C=O) groups is 1. The third-order valence-electron chi connectivity index (χ3n) is 6.09. The van der Waals surface area contributed by atoms with E-state index in [2.05, 4.69) is 39.2 Å². The highest BCUT2D eigenvalue weighted by Gasteiger charge is 2.24. The first-order valence-electron chi connectivity index (χ1n) is 11.2. The van der Waals surface area contributed by atoms with Gasteiger partial charge in [-0.15, -0.1) is 0 Å². The van der Waals surface area contributed by atoms with E-state index in [1.807, 2.05) is 24.4 Å². The molecule has 34 heavy (non-hydrogen) atoms. The number of likely N-dealkylation sites (N-methyl/N-ethyl adjacent to an activating group) is 1. The lowest BCUT2D eigenvalue weighted by molar-refractivity contribution is 0.112. The molecule has 178 valence electrons. The summed E-state index contributed by atoms with van der Waals surface area (Å²) in [4.78, 5) is 29.8. The highest BCUT2D eigenvalue weighted by Crippen LogP contribution is 2.29. The Balaban J connectivity index is 1.47. The number of anilines is 2. The molecule has 1 N–H and O–H groups in total. The fraction of sp³-hybridized carbons (Fsp3) is 0.360. The minimum Gasteiger partial charge on any atom is -0.491 e. The van der Waals surface area contributed by atoms with Crippen LogP contribution in [-0.4, -0.2) is 73.6 Å². The van der Waals surface area contributed by atoms with Crippen LogP contribution in [0.4, 0.5) is 11.5 Å². The van der Waals surface area contributed by atoms with E-state index in [1.165, 1.54) is 0 Å². The first-order chi connectivity index (χ1) is 16.5. The Bertz CT molecular complexity index is 1140. The Kier molecular flexibility index (Phi) is 7.22. The zero-order valence-electron chi connectivity index (χ0n) is 20.0. The molecule has 0 amide bonds. The number of hydrogen-bond acceptors (Lipinski definition) is 9. The molecule has 3 aromatic heterocycles. The average molecular weight is 463 g/mol. The van der Waals surface area contributed by atoms with Crippen LogP contribution in [-0.2, 0) is 6.54 Å². The third-order valence-corrected chi connectivity index (χ3v) is 6.09. The minimum absolute atomic E-state index is 0.385. The molecule has 9 nitrogen and oxygen atoms in total. The molecule has 0 spiro atoms. The molecular formula is C25H30N6O3. The van der Waals surface area contributed by atoms with Crippen LogP contribution in [0.25, 0.3) is 11.3 Å². The maximum Gasteiger partial charge on any atom is 0.256 e. The lowest BCUT2D eigenvalue weighted by Crippen LogP contribution is -2.31. The number of methoxy groups -OCH3 is 2. The summed E-state index contributed by atoms with van der Waals surface area (Å²) in [6.07, 6.45) is 5.45. The van der Waals surface area contributed by atoms with Crippen molar-refractivity contribution in [2.24, 2.45) is 0 Å². The smallest absolute Gasteiger partial charge is 0.256 e. The quantitative estimate of drug-likeness (QED) is 0.482. The number of carbonyl (C=O) groups excluding carboxylic acids is 1. The molecule has 1 aliphatic heterocycles. The van der Waals surface area contributed by atoms with Gasteiger partial charge < -0.3 is 24.6 Å². The zero-order chi connectivity index (χ0) is 24.1. The predicted molar refractivity (Wildman–Crippen MR) is 132 cm³/mol. The molecule has 0 radical (unpaired) electrons. The second-order valence-electron chi connectivity index (χ2n) is 8.40. The highest BCUT2D eigenvalue weighted by molar-refractivity contribution is 5.78. The molecule has 4 rings (SSSR count). The van der Waals surface area contributed by atoms with Crippen molar-refractivity contribution in [3.63, 3.8) is 0 Å². The van der Waals surface area contributed by atoms with Gasteiger partial charge in [0.15, 0.2) is 12.0 Å². The standard InChI is InChI=1S/C25H30N6O3/c1-30(2)20-9-10-31(15-20)24-8-6-19(13-27-24)26-14-22-17(16-32)5-7-21(29-22)18-11-23(33-3)25(34-4)28-12-18/h5-8,11-13,16,20,26H,9-10,14-15H2,1-4H3. The van der Waals surface area contributed by atoms with Gasteiger partial charge in [0.05, 0.1) is 44.0 Å². The van der Waals surface area contributed by atoms with Crippen LogP contribution in [0.1, 0.15) is 22.5 Å². The lowest BCUT2D eigenvalue weighted by atomic mass is 10.1. The fourth-order valence-electron chi connectivity index (χ4n) is 4.03. The molecule has 3 aromatic rings. The number of hydrogen-bond donors (Lipinski definition) is 1. The molecule has 0 bridgehead atoms. The fourth-order valence-corrected chi connectivity index (χ4v) is 4.03. The van der Waals surface area contributed by atoms with Crippen molar-refractivity contribution in [1.29, 1.82) is 0 Å². The number of nitrogens with one attached hydrogen (secondary N) is 1. The van der Waals surface area contributed by atoms with Crippen LogP contribution in [0.5, 0.6) is 11.6 Å². The van der Waals surface area contributed by atoms with E-state index in [1.54, 1.807) is 32.5 Å². The molecular weight excluding hydrogens is 432 g/mol. The van der Waals surface area contributed by atoms with E-state index in [-0.39, 0.29) is 0 Å². The number of pyridine rings is 3. The van der Waals surface area contributed by atoms with E-state index in [9.17, 15) is 4.79 Å². The van der Waals surface area contributed by atoms with Crippen LogP contribution >= 0.6 is 0 Å². The first-order valence-corrected chi connectivity index (χ1v) is 11.2. The van der Waals surface area contributed by atoms with Gasteiger partial charge in [-0.2, -0.15) is 0 Å². The van der Waals surface area contributed by atoms with Gasteiger partial charge in [-0.05, 0) is 50.8 Å². The van der Waals surface area contributed by atoms with Gasteiger partial charge in [0.2, 0.25) is 0 Å². The van der Waals surface area contributed by atoms with Crippen LogP contribution in [0, 0.1) is 0 Å². The predicted octanol–water partition coefficient (Wildman–Crippen LogP) is 3.12. The van der Waals surface area contributed by atoms with E-state index in [0.717, 1.165) is 42.9 Å². The van der Waals surface area contributed by atoms with Crippen molar-refractivity contribution < 1.29 is 14.3 Å². The van der Waals surface area contributed by atoms with E-state index in [4.69, 9.17) is 14.5 Å². The summed E-state index contributed by atoms with van der Waals surface area (Å²) in [5.74, 6) is 1.89. The number of aromatic nitrogens is 3. The molecule has 4 heterocycles. The number of rotatable bonds is 9. The van der Waals surface area contributed by atoms with E-state index < -0.39 is 0 Å². The minimum atomic E-state index is 0.385. The Morgan fingerprint density at radius 1 is 1.15 bits per heavy atom. The zero-order valence-corrected chi connectivity index (χ0v) is 20.0. The molecule has 0 aromatic carbocycles. The highest BCUT2D eigenvalue weighted by atomic mass is 16.5. The third kappa shape index (κ3) is 5.09. The van der Waals surface area contributed by atoms with Gasteiger partial charge >= 0.3 is 0 Å². The number of ether oxygens (including phenoxy) is 2. The summed E-state index contributed by atoms with van der Waals surface area (Å²) in [6.45, 7) is 2.38. The second kappa shape index (κ2) is 10.5. The molecule has 1 unspecified atom stereocenters. The lowest BCUT2D eigenvalue weighted by Gasteiger charge is -2.21. The van der Waals surface area contributed by atoms with Crippen molar-refractivity contribution >= 4 is 17.8 Å². The maximum atomic E-state index is 11.6. The van der Waals surface area contributed by atoms with Gasteiger partial charge in [0.25, 0.3) is 5.88 Å². The van der Waals surface area contributed by atoms with Crippen molar-refractivity contribution in [2.75, 3.05) is 51.6 Å².